The first-order chi connectivity index (χ1) is 16.5. The number of benzene rings is 2. The molecule has 3 amide bonds. The SMILES string of the molecule is CCCCN1C(=O)N(CCCC)C2(O)c3ccccc3N(c3ccccc3)C(=O)C12CCCC. The summed E-state index contributed by atoms with van der Waals surface area (Å²) in [5, 5.41) is 12.7. The van der Waals surface area contributed by atoms with Crippen molar-refractivity contribution in [3.05, 3.63) is 60.2 Å². The van der Waals surface area contributed by atoms with Crippen molar-refractivity contribution >= 4 is 23.3 Å². The standard InChI is InChI=1S/C28H37N3O3/c1-4-7-19-27-25(32)31(22-15-11-10-12-16-22)24-18-14-13-17-23(24)28(27,34)30(21-9-6-3)26(33)29(27)20-8-5-2/h10-18,34H,4-9,19-21H2,1-3H3. The Balaban J connectivity index is 2.02. The fourth-order valence-electron chi connectivity index (χ4n) is 5.61. The topological polar surface area (TPSA) is 64.1 Å². The molecule has 0 aliphatic carbocycles. The highest BCUT2D eigenvalue weighted by atomic mass is 16.3. The Kier molecular flexibility index (Phi) is 6.99. The van der Waals surface area contributed by atoms with E-state index in [1.54, 1.807) is 14.7 Å². The summed E-state index contributed by atoms with van der Waals surface area (Å²) in [4.78, 5) is 33.7. The van der Waals surface area contributed by atoms with Crippen LogP contribution < -0.4 is 4.90 Å². The van der Waals surface area contributed by atoms with Crippen molar-refractivity contribution in [1.29, 1.82) is 0 Å². The van der Waals surface area contributed by atoms with Crippen molar-refractivity contribution in [2.45, 2.75) is 77.0 Å². The maximum atomic E-state index is 14.7. The van der Waals surface area contributed by atoms with E-state index in [1.165, 1.54) is 0 Å². The molecule has 0 bridgehead atoms. The van der Waals surface area contributed by atoms with Gasteiger partial charge in [0, 0.05) is 24.3 Å². The molecule has 0 spiro atoms. The highest BCUT2D eigenvalue weighted by molar-refractivity contribution is 6.12. The van der Waals surface area contributed by atoms with Crippen LogP contribution in [0.3, 0.4) is 0 Å². The third-order valence-corrected chi connectivity index (χ3v) is 7.34. The van der Waals surface area contributed by atoms with Crippen molar-refractivity contribution < 1.29 is 14.7 Å². The minimum absolute atomic E-state index is 0.225. The monoisotopic (exact) mass is 463 g/mol. The van der Waals surface area contributed by atoms with Crippen LogP contribution in [0.15, 0.2) is 54.6 Å². The van der Waals surface area contributed by atoms with E-state index in [4.69, 9.17) is 0 Å². The normalized spacial score (nSPS) is 23.9. The highest BCUT2D eigenvalue weighted by Gasteiger charge is 2.74. The van der Waals surface area contributed by atoms with Gasteiger partial charge in [-0.2, -0.15) is 0 Å². The maximum absolute atomic E-state index is 14.7. The molecule has 0 radical (unpaired) electrons. The van der Waals surface area contributed by atoms with Crippen LogP contribution in [0.1, 0.15) is 71.3 Å². The average molecular weight is 464 g/mol. The lowest BCUT2D eigenvalue weighted by Crippen LogP contribution is -2.70. The van der Waals surface area contributed by atoms with Gasteiger partial charge in [0.25, 0.3) is 5.91 Å². The molecule has 1 saturated heterocycles. The molecule has 182 valence electrons. The zero-order valence-corrected chi connectivity index (χ0v) is 20.7. The van der Waals surface area contributed by atoms with Gasteiger partial charge in [-0.3, -0.25) is 14.6 Å². The second kappa shape index (κ2) is 9.79. The molecule has 1 N–H and O–H groups in total. The molecule has 2 heterocycles. The number of carbonyl (C=O) groups excluding carboxylic acids is 2. The van der Waals surface area contributed by atoms with Gasteiger partial charge in [0.05, 0.1) is 5.69 Å². The van der Waals surface area contributed by atoms with E-state index >= 15 is 0 Å². The quantitative estimate of drug-likeness (QED) is 0.486. The Morgan fingerprint density at radius 1 is 0.765 bits per heavy atom. The predicted molar refractivity (Wildman–Crippen MR) is 135 cm³/mol. The van der Waals surface area contributed by atoms with E-state index in [2.05, 4.69) is 20.8 Å². The average Bonchev–Trinajstić information content (AvgIpc) is 3.04. The summed E-state index contributed by atoms with van der Waals surface area (Å²) in [6.07, 6.45) is 5.33. The summed E-state index contributed by atoms with van der Waals surface area (Å²) >= 11 is 0. The first-order valence-electron chi connectivity index (χ1n) is 12.8. The molecule has 0 aromatic heterocycles. The van der Waals surface area contributed by atoms with Gasteiger partial charge in [-0.1, -0.05) is 82.9 Å². The van der Waals surface area contributed by atoms with Crippen LogP contribution in [0.5, 0.6) is 0 Å². The van der Waals surface area contributed by atoms with Gasteiger partial charge >= 0.3 is 6.03 Å². The zero-order valence-electron chi connectivity index (χ0n) is 20.7. The number of anilines is 2. The van der Waals surface area contributed by atoms with E-state index in [-0.39, 0.29) is 11.9 Å². The molecule has 0 saturated carbocycles. The van der Waals surface area contributed by atoms with Crippen LogP contribution in [0.4, 0.5) is 16.2 Å². The second-order valence-corrected chi connectivity index (χ2v) is 9.42. The number of amides is 3. The van der Waals surface area contributed by atoms with E-state index < -0.39 is 11.3 Å². The Morgan fingerprint density at radius 2 is 1.35 bits per heavy atom. The summed E-state index contributed by atoms with van der Waals surface area (Å²) in [5.74, 6) is -0.225. The second-order valence-electron chi connectivity index (χ2n) is 9.42. The van der Waals surface area contributed by atoms with Gasteiger partial charge in [-0.05, 0) is 37.5 Å². The Bertz CT molecular complexity index is 1030. The number of para-hydroxylation sites is 2. The van der Waals surface area contributed by atoms with E-state index in [0.717, 1.165) is 44.2 Å². The number of carbonyl (C=O) groups is 2. The minimum atomic E-state index is -1.72. The van der Waals surface area contributed by atoms with Gasteiger partial charge in [-0.15, -0.1) is 0 Å². The number of fused-ring (bicyclic) bond motifs is 3. The summed E-state index contributed by atoms with van der Waals surface area (Å²) in [7, 11) is 0. The first kappa shape index (κ1) is 24.3. The Labute approximate surface area is 203 Å². The first-order valence-corrected chi connectivity index (χ1v) is 12.8. The molecule has 34 heavy (non-hydrogen) atoms. The molecule has 2 aromatic rings. The number of aliphatic hydroxyl groups is 1. The molecule has 6 heteroatoms. The number of unbranched alkanes of at least 4 members (excludes halogenated alkanes) is 3. The van der Waals surface area contributed by atoms with Crippen molar-refractivity contribution in [2.24, 2.45) is 0 Å². The summed E-state index contributed by atoms with van der Waals surface area (Å²) in [6, 6.07) is 16.9. The van der Waals surface area contributed by atoms with Crippen LogP contribution in [0.2, 0.25) is 0 Å². The number of nitrogens with zero attached hydrogens (tertiary/aromatic N) is 3. The largest absolute Gasteiger partial charge is 0.364 e. The Morgan fingerprint density at radius 3 is 2.00 bits per heavy atom. The summed E-state index contributed by atoms with van der Waals surface area (Å²) in [6.45, 7) is 7.08. The van der Waals surface area contributed by atoms with Crippen molar-refractivity contribution in [2.75, 3.05) is 18.0 Å². The molecule has 6 nitrogen and oxygen atoms in total. The molecule has 1 fully saturated rings. The predicted octanol–water partition coefficient (Wildman–Crippen LogP) is 5.78. The van der Waals surface area contributed by atoms with E-state index in [1.807, 2.05) is 54.6 Å². The molecule has 2 unspecified atom stereocenters. The van der Waals surface area contributed by atoms with Crippen LogP contribution in [0.25, 0.3) is 0 Å². The van der Waals surface area contributed by atoms with Crippen LogP contribution in [-0.4, -0.2) is 45.5 Å². The molecule has 4 rings (SSSR count). The lowest BCUT2D eigenvalue weighted by molar-refractivity contribution is -0.168. The number of urea groups is 1. The lowest BCUT2D eigenvalue weighted by Gasteiger charge is -2.52. The Hall–Kier alpha value is -2.86. The third kappa shape index (κ3) is 3.42. The molecular formula is C28H37N3O3. The fraction of sp³-hybridized carbons (Fsp3) is 0.500. The minimum Gasteiger partial charge on any atom is -0.364 e. The lowest BCUT2D eigenvalue weighted by atomic mass is 9.72. The molecule has 2 atom stereocenters. The molecule has 2 aliphatic rings. The van der Waals surface area contributed by atoms with Gasteiger partial charge in [-0.25, -0.2) is 4.79 Å². The smallest absolute Gasteiger partial charge is 0.323 e. The van der Waals surface area contributed by atoms with Crippen LogP contribution >= 0.6 is 0 Å². The van der Waals surface area contributed by atoms with Gasteiger partial charge in [0.15, 0.2) is 5.54 Å². The number of rotatable bonds is 10. The van der Waals surface area contributed by atoms with Crippen molar-refractivity contribution in [3.63, 3.8) is 0 Å². The molecule has 2 aromatic carbocycles. The number of hydrogen-bond donors (Lipinski definition) is 1. The van der Waals surface area contributed by atoms with E-state index in [9.17, 15) is 14.7 Å². The number of hydrogen-bond acceptors (Lipinski definition) is 3. The molecule has 2 aliphatic heterocycles. The van der Waals surface area contributed by atoms with Gasteiger partial charge < -0.3 is 10.0 Å². The highest BCUT2D eigenvalue weighted by Crippen LogP contribution is 2.57. The third-order valence-electron chi connectivity index (χ3n) is 7.34. The molecular weight excluding hydrogens is 426 g/mol. The summed E-state index contributed by atoms with van der Waals surface area (Å²) < 4.78 is 0. The summed E-state index contributed by atoms with van der Waals surface area (Å²) in [5.41, 5.74) is -1.10. The van der Waals surface area contributed by atoms with Crippen LogP contribution in [0, 0.1) is 0 Å². The zero-order chi connectivity index (χ0) is 24.3. The van der Waals surface area contributed by atoms with E-state index in [0.29, 0.717) is 30.8 Å². The van der Waals surface area contributed by atoms with Gasteiger partial charge in [0.1, 0.15) is 0 Å². The van der Waals surface area contributed by atoms with Crippen molar-refractivity contribution in [1.82, 2.24) is 9.80 Å². The fourth-order valence-corrected chi connectivity index (χ4v) is 5.61. The van der Waals surface area contributed by atoms with Crippen molar-refractivity contribution in [3.8, 4) is 0 Å². The maximum Gasteiger partial charge on any atom is 0.323 e. The van der Waals surface area contributed by atoms with Crippen LogP contribution in [-0.2, 0) is 10.5 Å². The van der Waals surface area contributed by atoms with Gasteiger partial charge in [0.2, 0.25) is 5.72 Å².